The lowest BCUT2D eigenvalue weighted by Gasteiger charge is -2.24. The van der Waals surface area contributed by atoms with Crippen LogP contribution in [0.5, 0.6) is 0 Å². The van der Waals surface area contributed by atoms with Crippen LogP contribution in [0.3, 0.4) is 0 Å². The Bertz CT molecular complexity index is 2120. The lowest BCUT2D eigenvalue weighted by Crippen LogP contribution is -2.29. The minimum Gasteiger partial charge on any atom is -0.478 e. The zero-order valence-corrected chi connectivity index (χ0v) is 61.8. The molecule has 0 spiro atoms. The van der Waals surface area contributed by atoms with Crippen molar-refractivity contribution in [3.63, 3.8) is 0 Å². The van der Waals surface area contributed by atoms with Gasteiger partial charge in [-0.15, -0.1) is 0 Å². The minimum atomic E-state index is -1.44. The molecule has 550 valence electrons. The molecule has 0 bridgehead atoms. The standard InChI is InChI=1S/C82H140N2O12/c1-5-9-13-17-21-25-29-33-37-41-45-49-53-57-75(85)93-67-70(95-77(87)59-55-51-47-43-39-35-31-27-23-19-15-11-7-3)63-69-61-62-84-74(79(69)80-72(81(89)90)65-83-66-73(80)82(91)92)64-71(96-78(88)60-56-52-48-44-40-36-32-28-24-20-16-12-8-4)68-94-76(86)58-54-50-46-42-38-34-30-26-22-18-14-10-6-2/h61-62,65-66,70-71H,5-60,63-64,67-68H2,1-4H3,(H,89,90)(H,91,92). The van der Waals surface area contributed by atoms with Gasteiger partial charge in [0.05, 0.1) is 16.8 Å². The average Bonchev–Trinajstić information content (AvgIpc) is 0.773. The maximum atomic E-state index is 13.9. The summed E-state index contributed by atoms with van der Waals surface area (Å²) in [4.78, 5) is 89.7. The average molecular weight is 1350 g/mol. The van der Waals surface area contributed by atoms with Gasteiger partial charge in [-0.2, -0.15) is 0 Å². The van der Waals surface area contributed by atoms with Gasteiger partial charge < -0.3 is 29.2 Å². The molecule has 2 aromatic rings. The van der Waals surface area contributed by atoms with Gasteiger partial charge in [-0.25, -0.2) is 9.59 Å². The highest BCUT2D eigenvalue weighted by atomic mass is 16.6. The molecule has 0 saturated heterocycles. The molecule has 2 rings (SSSR count). The van der Waals surface area contributed by atoms with E-state index in [-0.39, 0.29) is 68.6 Å². The fraction of sp³-hybridized carbons (Fsp3) is 0.805. The minimum absolute atomic E-state index is 0.112. The Morgan fingerprint density at radius 2 is 0.583 bits per heavy atom. The van der Waals surface area contributed by atoms with Crippen molar-refractivity contribution < 1.29 is 57.9 Å². The molecule has 14 heteroatoms. The van der Waals surface area contributed by atoms with E-state index in [1.54, 1.807) is 6.07 Å². The first-order valence-electron chi connectivity index (χ1n) is 40.1. The summed E-state index contributed by atoms with van der Waals surface area (Å²) in [7, 11) is 0. The maximum Gasteiger partial charge on any atom is 0.337 e. The number of hydrogen-bond acceptors (Lipinski definition) is 12. The monoisotopic (exact) mass is 1350 g/mol. The maximum absolute atomic E-state index is 13.9. The normalized spacial score (nSPS) is 12.0. The van der Waals surface area contributed by atoms with Crippen LogP contribution in [0.4, 0.5) is 0 Å². The van der Waals surface area contributed by atoms with Crippen LogP contribution in [0.25, 0.3) is 11.1 Å². The van der Waals surface area contributed by atoms with Gasteiger partial charge in [0, 0.05) is 68.2 Å². The molecule has 2 heterocycles. The lowest BCUT2D eigenvalue weighted by atomic mass is 9.88. The predicted octanol–water partition coefficient (Wildman–Crippen LogP) is 23.5. The fourth-order valence-electron chi connectivity index (χ4n) is 13.1. The second-order valence-corrected chi connectivity index (χ2v) is 28.0. The van der Waals surface area contributed by atoms with Gasteiger partial charge in [-0.3, -0.25) is 29.1 Å². The Hall–Kier alpha value is -4.88. The Morgan fingerprint density at radius 3 is 0.854 bits per heavy atom. The third kappa shape index (κ3) is 47.2. The molecule has 0 radical (unpaired) electrons. The number of rotatable bonds is 69. The first-order valence-corrected chi connectivity index (χ1v) is 40.1. The van der Waals surface area contributed by atoms with Crippen LogP contribution in [0.2, 0.25) is 0 Å². The first-order chi connectivity index (χ1) is 46.9. The summed E-state index contributed by atoms with van der Waals surface area (Å²) in [6.07, 6.45) is 62.4. The first kappa shape index (κ1) is 87.2. The number of carbonyl (C=O) groups excluding carboxylic acids is 4. The molecule has 14 nitrogen and oxygen atoms in total. The number of carboxylic acids is 2. The summed E-state index contributed by atoms with van der Waals surface area (Å²) in [5.74, 6) is -4.68. The van der Waals surface area contributed by atoms with Crippen molar-refractivity contribution in [2.24, 2.45) is 0 Å². The number of esters is 4. The highest BCUT2D eigenvalue weighted by Crippen LogP contribution is 2.35. The lowest BCUT2D eigenvalue weighted by molar-refractivity contribution is -0.159. The number of hydrogen-bond donors (Lipinski definition) is 2. The van der Waals surface area contributed by atoms with E-state index >= 15 is 0 Å². The smallest absolute Gasteiger partial charge is 0.337 e. The van der Waals surface area contributed by atoms with Crippen molar-refractivity contribution in [2.45, 2.75) is 412 Å². The summed E-state index contributed by atoms with van der Waals surface area (Å²) in [5, 5.41) is 21.4. The molecule has 0 aliphatic heterocycles. The van der Waals surface area contributed by atoms with Crippen LogP contribution < -0.4 is 0 Å². The van der Waals surface area contributed by atoms with Crippen molar-refractivity contribution in [1.29, 1.82) is 0 Å². The molecule has 0 aromatic carbocycles. The Kier molecular flexibility index (Phi) is 56.7. The number of ether oxygens (including phenoxy) is 4. The third-order valence-electron chi connectivity index (χ3n) is 19.0. The van der Waals surface area contributed by atoms with Gasteiger partial charge in [-0.05, 0) is 37.3 Å². The fourth-order valence-corrected chi connectivity index (χ4v) is 13.1. The molecule has 2 aromatic heterocycles. The molecule has 0 aliphatic carbocycles. The van der Waals surface area contributed by atoms with Crippen molar-refractivity contribution in [3.8, 4) is 11.1 Å². The molecule has 96 heavy (non-hydrogen) atoms. The zero-order chi connectivity index (χ0) is 69.6. The highest BCUT2D eigenvalue weighted by molar-refractivity contribution is 6.05. The highest BCUT2D eigenvalue weighted by Gasteiger charge is 2.30. The number of carbonyl (C=O) groups is 6. The van der Waals surface area contributed by atoms with E-state index in [9.17, 15) is 39.0 Å². The van der Waals surface area contributed by atoms with E-state index in [0.717, 1.165) is 89.4 Å². The SMILES string of the molecule is CCCCCCCCCCCCCCCC(=O)OCC(Cc1ccnc(CC(COC(=O)CCCCCCCCCCCCCCC)OC(=O)CCCCCCCCCCCCCCC)c1-c1c(C(=O)O)cncc1C(=O)O)OC(=O)CCCCCCCCCCCCCCC. The van der Waals surface area contributed by atoms with Crippen LogP contribution in [0.1, 0.15) is 419 Å². The van der Waals surface area contributed by atoms with Crippen molar-refractivity contribution in [3.05, 3.63) is 47.0 Å². The summed E-state index contributed by atoms with van der Waals surface area (Å²) in [5.41, 5.74) is -0.362. The van der Waals surface area contributed by atoms with Gasteiger partial charge in [0.25, 0.3) is 0 Å². The number of unbranched alkanes of at least 4 members (excludes halogenated alkanes) is 48. The molecule has 0 fully saturated rings. The van der Waals surface area contributed by atoms with E-state index in [1.165, 1.54) is 237 Å². The number of pyridine rings is 2. The summed E-state index contributed by atoms with van der Waals surface area (Å²) in [6.45, 7) is 8.37. The van der Waals surface area contributed by atoms with Crippen LogP contribution in [0, 0.1) is 0 Å². The Labute approximate surface area is 584 Å². The van der Waals surface area contributed by atoms with Crippen LogP contribution in [-0.2, 0) is 51.0 Å². The Balaban J connectivity index is 2.39. The second-order valence-electron chi connectivity index (χ2n) is 28.0. The Morgan fingerprint density at radius 1 is 0.333 bits per heavy atom. The molecule has 0 saturated carbocycles. The molecule has 0 amide bonds. The van der Waals surface area contributed by atoms with Crippen molar-refractivity contribution in [2.75, 3.05) is 13.2 Å². The van der Waals surface area contributed by atoms with Gasteiger partial charge in [0.1, 0.15) is 25.4 Å². The van der Waals surface area contributed by atoms with Crippen molar-refractivity contribution >= 4 is 35.8 Å². The molecular formula is C82H140N2O12. The van der Waals surface area contributed by atoms with Crippen LogP contribution >= 0.6 is 0 Å². The van der Waals surface area contributed by atoms with E-state index in [4.69, 9.17) is 23.9 Å². The molecular weight excluding hydrogens is 1200 g/mol. The number of nitrogens with zero attached hydrogens (tertiary/aromatic N) is 2. The molecule has 0 aliphatic rings. The number of aromatic nitrogens is 2. The predicted molar refractivity (Wildman–Crippen MR) is 392 cm³/mol. The quantitative estimate of drug-likeness (QED) is 0.0359. The second kappa shape index (κ2) is 62.4. The zero-order valence-electron chi connectivity index (χ0n) is 61.8. The van der Waals surface area contributed by atoms with Gasteiger partial charge in [0.15, 0.2) is 0 Å². The summed E-state index contributed by atoms with van der Waals surface area (Å²) >= 11 is 0. The van der Waals surface area contributed by atoms with E-state index in [2.05, 4.69) is 32.7 Å². The van der Waals surface area contributed by atoms with Gasteiger partial charge in [0.2, 0.25) is 0 Å². The summed E-state index contributed by atoms with van der Waals surface area (Å²) < 4.78 is 24.2. The molecule has 2 atom stereocenters. The van der Waals surface area contributed by atoms with Gasteiger partial charge >= 0.3 is 35.8 Å². The number of carboxylic acid groups (broad SMARTS) is 2. The van der Waals surface area contributed by atoms with Gasteiger partial charge in [-0.1, -0.05) is 336 Å². The van der Waals surface area contributed by atoms with E-state index in [1.807, 2.05) is 0 Å². The molecule has 2 N–H and O–H groups in total. The van der Waals surface area contributed by atoms with Crippen molar-refractivity contribution in [1.82, 2.24) is 9.97 Å². The third-order valence-corrected chi connectivity index (χ3v) is 19.0. The van der Waals surface area contributed by atoms with E-state index < -0.39 is 59.2 Å². The van der Waals surface area contributed by atoms with Crippen LogP contribution in [-0.4, -0.2) is 81.4 Å². The summed E-state index contributed by atoms with van der Waals surface area (Å²) in [6, 6.07) is 1.62. The van der Waals surface area contributed by atoms with Crippen LogP contribution in [0.15, 0.2) is 24.7 Å². The molecule has 2 unspecified atom stereocenters. The van der Waals surface area contributed by atoms with E-state index in [0.29, 0.717) is 31.2 Å². The number of aromatic carboxylic acids is 2. The largest absolute Gasteiger partial charge is 0.478 e. The topological polar surface area (TPSA) is 206 Å².